The second kappa shape index (κ2) is 12.1. The highest BCUT2D eigenvalue weighted by molar-refractivity contribution is 7.09. The summed E-state index contributed by atoms with van der Waals surface area (Å²) in [5.74, 6) is -2.34. The summed E-state index contributed by atoms with van der Waals surface area (Å²) >= 11 is 0.748. The summed E-state index contributed by atoms with van der Waals surface area (Å²) in [6.07, 6.45) is 2.07. The van der Waals surface area contributed by atoms with E-state index in [2.05, 4.69) is 9.69 Å². The number of aryl methyl sites for hydroxylation is 1. The Bertz CT molecular complexity index is 1310. The molecule has 0 bridgehead atoms. The van der Waals surface area contributed by atoms with Crippen molar-refractivity contribution in [2.24, 2.45) is 5.73 Å². The molecule has 3 amide bonds. The van der Waals surface area contributed by atoms with Gasteiger partial charge in [0.15, 0.2) is 5.69 Å². The van der Waals surface area contributed by atoms with Gasteiger partial charge in [0.05, 0.1) is 11.8 Å². The molecule has 0 aliphatic carbocycles. The quantitative estimate of drug-likeness (QED) is 0.362. The molecular weight excluding hydrogens is 509 g/mol. The van der Waals surface area contributed by atoms with Crippen molar-refractivity contribution >= 4 is 34.9 Å². The molecule has 2 unspecified atom stereocenters. The molecule has 1 fully saturated rings. The third-order valence-corrected chi connectivity index (χ3v) is 7.42. The normalized spacial score (nSPS) is 15.7. The number of nitrogens with one attached hydrogen (secondary N) is 1. The Balaban J connectivity index is 1.72. The van der Waals surface area contributed by atoms with Gasteiger partial charge in [-0.2, -0.15) is 4.37 Å². The molecular formula is C27H30FN5O4S. The average molecular weight is 540 g/mol. The van der Waals surface area contributed by atoms with Crippen LogP contribution in [0.25, 0.3) is 0 Å². The van der Waals surface area contributed by atoms with Crippen molar-refractivity contribution in [3.8, 4) is 0 Å². The second-order valence-electron chi connectivity index (χ2n) is 9.15. The van der Waals surface area contributed by atoms with Crippen LogP contribution in [-0.2, 0) is 16.0 Å². The van der Waals surface area contributed by atoms with E-state index in [1.54, 1.807) is 0 Å². The standard InChI is InChI=1S/C27H30FN5O4S/c1-16-5-2-3-6-17(16)12-13-33(27(36)24-21(29)22(25(30)34)32-38-24)23(18-8-10-19(28)11-9-18)26(35)31-15-20-7-4-14-37-20/h2-3,5-6,8-11,20,23H,4,7,12-15,29H2,1H3,(H2,30,34)(H,31,35). The average Bonchev–Trinajstić information content (AvgIpc) is 3.56. The first kappa shape index (κ1) is 27.2. The van der Waals surface area contributed by atoms with Crippen LogP contribution in [-0.4, -0.2) is 52.8 Å². The zero-order valence-corrected chi connectivity index (χ0v) is 21.8. The Morgan fingerprint density at radius 1 is 1.21 bits per heavy atom. The van der Waals surface area contributed by atoms with E-state index >= 15 is 0 Å². The van der Waals surface area contributed by atoms with Crippen LogP contribution in [0.15, 0.2) is 48.5 Å². The number of aromatic nitrogens is 1. The topological polar surface area (TPSA) is 141 Å². The van der Waals surface area contributed by atoms with Crippen LogP contribution in [0.2, 0.25) is 0 Å². The number of nitrogen functional groups attached to an aromatic ring is 1. The van der Waals surface area contributed by atoms with Gasteiger partial charge in [-0.25, -0.2) is 4.39 Å². The Hall–Kier alpha value is -3.83. The minimum atomic E-state index is -1.10. The molecule has 2 atom stereocenters. The Labute approximate surface area is 224 Å². The predicted molar refractivity (Wildman–Crippen MR) is 142 cm³/mol. The smallest absolute Gasteiger partial charge is 0.270 e. The number of anilines is 1. The largest absolute Gasteiger partial charge is 0.395 e. The molecule has 2 aromatic carbocycles. The van der Waals surface area contributed by atoms with E-state index in [0.717, 1.165) is 35.5 Å². The zero-order chi connectivity index (χ0) is 27.2. The maximum atomic E-state index is 13.9. The Morgan fingerprint density at radius 3 is 2.58 bits per heavy atom. The molecule has 2 heterocycles. The van der Waals surface area contributed by atoms with Crippen LogP contribution in [0.3, 0.4) is 0 Å². The van der Waals surface area contributed by atoms with Crippen molar-refractivity contribution in [3.05, 3.63) is 81.6 Å². The van der Waals surface area contributed by atoms with Crippen LogP contribution in [0.5, 0.6) is 0 Å². The molecule has 200 valence electrons. The van der Waals surface area contributed by atoms with Crippen LogP contribution < -0.4 is 16.8 Å². The third-order valence-electron chi connectivity index (χ3n) is 6.57. The monoisotopic (exact) mass is 539 g/mol. The van der Waals surface area contributed by atoms with Gasteiger partial charge in [-0.3, -0.25) is 14.4 Å². The fourth-order valence-electron chi connectivity index (χ4n) is 4.47. The minimum Gasteiger partial charge on any atom is -0.395 e. The van der Waals surface area contributed by atoms with E-state index in [1.807, 2.05) is 31.2 Å². The number of rotatable bonds is 10. The summed E-state index contributed by atoms with van der Waals surface area (Å²) in [6, 6.07) is 12.1. The number of primary amides is 1. The zero-order valence-electron chi connectivity index (χ0n) is 21.0. The van der Waals surface area contributed by atoms with Crippen LogP contribution in [0, 0.1) is 12.7 Å². The fraction of sp³-hybridized carbons (Fsp3) is 0.333. The van der Waals surface area contributed by atoms with Crippen molar-refractivity contribution in [1.82, 2.24) is 14.6 Å². The van der Waals surface area contributed by atoms with E-state index in [4.69, 9.17) is 16.2 Å². The van der Waals surface area contributed by atoms with Crippen LogP contribution in [0.4, 0.5) is 10.1 Å². The van der Waals surface area contributed by atoms with Gasteiger partial charge in [0.1, 0.15) is 16.7 Å². The summed E-state index contributed by atoms with van der Waals surface area (Å²) in [4.78, 5) is 40.7. The van der Waals surface area contributed by atoms with Gasteiger partial charge in [0.25, 0.3) is 11.8 Å². The molecule has 5 N–H and O–H groups in total. The van der Waals surface area contributed by atoms with E-state index in [0.29, 0.717) is 18.6 Å². The van der Waals surface area contributed by atoms with Gasteiger partial charge in [-0.1, -0.05) is 36.4 Å². The Kier molecular flexibility index (Phi) is 8.70. The lowest BCUT2D eigenvalue weighted by molar-refractivity contribution is -0.126. The first-order valence-corrected chi connectivity index (χ1v) is 13.1. The van der Waals surface area contributed by atoms with Crippen molar-refractivity contribution in [3.63, 3.8) is 0 Å². The summed E-state index contributed by atoms with van der Waals surface area (Å²) in [5.41, 5.74) is 13.6. The number of carbonyl (C=O) groups excluding carboxylic acids is 3. The van der Waals surface area contributed by atoms with Crippen LogP contribution >= 0.6 is 11.5 Å². The first-order valence-electron chi connectivity index (χ1n) is 12.3. The van der Waals surface area contributed by atoms with E-state index in [9.17, 15) is 18.8 Å². The van der Waals surface area contributed by atoms with Crippen molar-refractivity contribution in [1.29, 1.82) is 0 Å². The fourth-order valence-corrected chi connectivity index (χ4v) is 5.23. The minimum absolute atomic E-state index is 0.00243. The number of halogens is 1. The molecule has 1 aromatic heterocycles. The van der Waals surface area contributed by atoms with Gasteiger partial charge < -0.3 is 26.4 Å². The Morgan fingerprint density at radius 2 is 1.95 bits per heavy atom. The number of benzene rings is 2. The lowest BCUT2D eigenvalue weighted by atomic mass is 10.0. The van der Waals surface area contributed by atoms with Crippen LogP contribution in [0.1, 0.15) is 55.7 Å². The molecule has 0 saturated carbocycles. The van der Waals surface area contributed by atoms with Gasteiger partial charge in [0.2, 0.25) is 5.91 Å². The number of amides is 3. The number of hydrogen-bond donors (Lipinski definition) is 3. The maximum Gasteiger partial charge on any atom is 0.270 e. The molecule has 1 aliphatic rings. The number of carbonyl (C=O) groups is 3. The summed E-state index contributed by atoms with van der Waals surface area (Å²) < 4.78 is 23.4. The first-order chi connectivity index (χ1) is 18.3. The summed E-state index contributed by atoms with van der Waals surface area (Å²) in [7, 11) is 0. The van der Waals surface area contributed by atoms with Crippen molar-refractivity contribution in [2.45, 2.75) is 38.3 Å². The predicted octanol–water partition coefficient (Wildman–Crippen LogP) is 2.99. The lowest BCUT2D eigenvalue weighted by Crippen LogP contribution is -2.46. The highest BCUT2D eigenvalue weighted by Gasteiger charge is 2.35. The number of nitrogens with zero attached hydrogens (tertiary/aromatic N) is 2. The molecule has 0 radical (unpaired) electrons. The SMILES string of the molecule is Cc1ccccc1CCN(C(=O)c1snc(C(N)=O)c1N)C(C(=O)NCC1CCCO1)c1ccc(F)cc1. The van der Waals surface area contributed by atoms with E-state index in [1.165, 1.54) is 29.2 Å². The van der Waals surface area contributed by atoms with E-state index in [-0.39, 0.29) is 35.5 Å². The molecule has 1 saturated heterocycles. The number of hydrogen-bond acceptors (Lipinski definition) is 7. The highest BCUT2D eigenvalue weighted by atomic mass is 32.1. The maximum absolute atomic E-state index is 13.9. The number of ether oxygens (including phenoxy) is 1. The molecule has 9 nitrogen and oxygen atoms in total. The molecule has 4 rings (SSSR count). The van der Waals surface area contributed by atoms with Gasteiger partial charge in [0, 0.05) is 19.7 Å². The van der Waals surface area contributed by atoms with E-state index < -0.39 is 29.6 Å². The van der Waals surface area contributed by atoms with Crippen molar-refractivity contribution < 1.29 is 23.5 Å². The second-order valence-corrected chi connectivity index (χ2v) is 9.92. The molecule has 38 heavy (non-hydrogen) atoms. The molecule has 1 aliphatic heterocycles. The number of nitrogens with two attached hydrogens (primary N) is 2. The molecule has 11 heteroatoms. The molecule has 3 aromatic rings. The van der Waals surface area contributed by atoms with Gasteiger partial charge >= 0.3 is 0 Å². The lowest BCUT2D eigenvalue weighted by Gasteiger charge is -2.32. The highest BCUT2D eigenvalue weighted by Crippen LogP contribution is 2.29. The molecule has 0 spiro atoms. The van der Waals surface area contributed by atoms with Gasteiger partial charge in [-0.15, -0.1) is 0 Å². The summed E-state index contributed by atoms with van der Waals surface area (Å²) in [5, 5.41) is 2.90. The third kappa shape index (κ3) is 6.17. The summed E-state index contributed by atoms with van der Waals surface area (Å²) in [6.45, 7) is 3.02. The van der Waals surface area contributed by atoms with Gasteiger partial charge in [-0.05, 0) is 66.5 Å². The van der Waals surface area contributed by atoms with Crippen molar-refractivity contribution in [2.75, 3.05) is 25.4 Å².